The van der Waals surface area contributed by atoms with Crippen molar-refractivity contribution in [3.8, 4) is 5.75 Å². The second kappa shape index (κ2) is 7.81. The molecule has 138 valence electrons. The minimum absolute atomic E-state index is 0.940. The molecule has 2 aliphatic heterocycles. The van der Waals surface area contributed by atoms with E-state index < -0.39 is 0 Å². The number of benzene rings is 1. The van der Waals surface area contributed by atoms with E-state index in [2.05, 4.69) is 42.9 Å². The van der Waals surface area contributed by atoms with E-state index in [-0.39, 0.29) is 0 Å². The van der Waals surface area contributed by atoms with E-state index in [0.29, 0.717) is 0 Å². The average molecular weight is 353 g/mol. The quantitative estimate of drug-likeness (QED) is 0.842. The Kier molecular flexibility index (Phi) is 5.09. The van der Waals surface area contributed by atoms with Crippen molar-refractivity contribution in [2.45, 2.75) is 19.3 Å². The summed E-state index contributed by atoms with van der Waals surface area (Å²) in [5.74, 6) is 3.05. The lowest BCUT2D eigenvalue weighted by atomic mass is 10.1. The van der Waals surface area contributed by atoms with Crippen LogP contribution < -0.4 is 19.4 Å². The summed E-state index contributed by atoms with van der Waals surface area (Å²) < 4.78 is 5.51. The number of hydrogen-bond donors (Lipinski definition) is 0. The number of methoxy groups -OCH3 is 1. The largest absolute Gasteiger partial charge is 0.495 e. The Labute approximate surface area is 155 Å². The van der Waals surface area contributed by atoms with Gasteiger partial charge < -0.3 is 19.4 Å². The van der Waals surface area contributed by atoms with Gasteiger partial charge in [0, 0.05) is 45.3 Å². The van der Waals surface area contributed by atoms with Crippen LogP contribution in [-0.2, 0) is 0 Å². The molecule has 0 spiro atoms. The maximum Gasteiger partial charge on any atom is 0.142 e. The van der Waals surface area contributed by atoms with Crippen molar-refractivity contribution in [1.29, 1.82) is 0 Å². The molecule has 2 aromatic rings. The molecular formula is C20H27N5O. The van der Waals surface area contributed by atoms with Gasteiger partial charge >= 0.3 is 0 Å². The van der Waals surface area contributed by atoms with Crippen LogP contribution in [0.15, 0.2) is 36.7 Å². The van der Waals surface area contributed by atoms with Crippen LogP contribution in [0, 0.1) is 0 Å². The molecule has 0 unspecified atom stereocenters. The Morgan fingerprint density at radius 3 is 2.08 bits per heavy atom. The third kappa shape index (κ3) is 3.54. The second-order valence-corrected chi connectivity index (χ2v) is 6.93. The summed E-state index contributed by atoms with van der Waals surface area (Å²) in [4.78, 5) is 16.2. The number of piperazine rings is 1. The smallest absolute Gasteiger partial charge is 0.142 e. The maximum absolute atomic E-state index is 5.51. The lowest BCUT2D eigenvalue weighted by Gasteiger charge is -2.37. The first-order valence-corrected chi connectivity index (χ1v) is 9.55. The van der Waals surface area contributed by atoms with E-state index in [0.717, 1.165) is 56.7 Å². The van der Waals surface area contributed by atoms with Crippen LogP contribution in [0.4, 0.5) is 17.3 Å². The van der Waals surface area contributed by atoms with Gasteiger partial charge in [0.15, 0.2) is 0 Å². The van der Waals surface area contributed by atoms with Gasteiger partial charge in [-0.05, 0) is 31.4 Å². The van der Waals surface area contributed by atoms with Crippen LogP contribution in [-0.4, -0.2) is 56.3 Å². The van der Waals surface area contributed by atoms with Gasteiger partial charge in [0.25, 0.3) is 0 Å². The van der Waals surface area contributed by atoms with Crippen molar-refractivity contribution < 1.29 is 4.74 Å². The number of piperidine rings is 1. The molecular weight excluding hydrogens is 326 g/mol. The van der Waals surface area contributed by atoms with Gasteiger partial charge in [0.1, 0.15) is 23.7 Å². The lowest BCUT2D eigenvalue weighted by Crippen LogP contribution is -2.47. The van der Waals surface area contributed by atoms with E-state index >= 15 is 0 Å². The van der Waals surface area contributed by atoms with Gasteiger partial charge in [-0.3, -0.25) is 0 Å². The summed E-state index contributed by atoms with van der Waals surface area (Å²) in [6.07, 6.45) is 5.57. The molecule has 0 N–H and O–H groups in total. The first kappa shape index (κ1) is 16.9. The average Bonchev–Trinajstić information content (AvgIpc) is 2.74. The summed E-state index contributed by atoms with van der Waals surface area (Å²) >= 11 is 0. The Hall–Kier alpha value is -2.50. The predicted octanol–water partition coefficient (Wildman–Crippen LogP) is 2.80. The monoisotopic (exact) mass is 353 g/mol. The van der Waals surface area contributed by atoms with Crippen LogP contribution in [0.25, 0.3) is 0 Å². The first-order chi connectivity index (χ1) is 12.8. The number of para-hydroxylation sites is 2. The van der Waals surface area contributed by atoms with Crippen LogP contribution in [0.1, 0.15) is 19.3 Å². The molecule has 1 aromatic carbocycles. The number of ether oxygens (including phenoxy) is 1. The lowest BCUT2D eigenvalue weighted by molar-refractivity contribution is 0.413. The predicted molar refractivity (Wildman–Crippen MR) is 106 cm³/mol. The summed E-state index contributed by atoms with van der Waals surface area (Å²) in [6.45, 7) is 6.05. The van der Waals surface area contributed by atoms with Crippen LogP contribution in [0.3, 0.4) is 0 Å². The molecule has 2 aliphatic rings. The molecule has 4 rings (SSSR count). The minimum atomic E-state index is 0.940. The van der Waals surface area contributed by atoms with Crippen LogP contribution in [0.2, 0.25) is 0 Å². The molecule has 2 saturated heterocycles. The topological polar surface area (TPSA) is 44.7 Å². The molecule has 0 aliphatic carbocycles. The zero-order valence-corrected chi connectivity index (χ0v) is 15.5. The van der Waals surface area contributed by atoms with Crippen molar-refractivity contribution in [1.82, 2.24) is 9.97 Å². The van der Waals surface area contributed by atoms with E-state index in [1.54, 1.807) is 13.4 Å². The highest BCUT2D eigenvalue weighted by Gasteiger charge is 2.21. The van der Waals surface area contributed by atoms with Crippen LogP contribution in [0.5, 0.6) is 5.75 Å². The summed E-state index contributed by atoms with van der Waals surface area (Å²) in [6, 6.07) is 10.4. The zero-order chi connectivity index (χ0) is 17.8. The highest BCUT2D eigenvalue weighted by Crippen LogP contribution is 2.29. The molecule has 0 bridgehead atoms. The fourth-order valence-corrected chi connectivity index (χ4v) is 3.87. The molecule has 26 heavy (non-hydrogen) atoms. The first-order valence-electron chi connectivity index (χ1n) is 9.55. The molecule has 0 radical (unpaired) electrons. The molecule has 3 heterocycles. The third-order valence-electron chi connectivity index (χ3n) is 5.35. The molecule has 0 saturated carbocycles. The van der Waals surface area contributed by atoms with Crippen molar-refractivity contribution >= 4 is 17.3 Å². The van der Waals surface area contributed by atoms with Crippen molar-refractivity contribution in [2.24, 2.45) is 0 Å². The van der Waals surface area contributed by atoms with Gasteiger partial charge in [-0.1, -0.05) is 12.1 Å². The van der Waals surface area contributed by atoms with Crippen molar-refractivity contribution in [3.63, 3.8) is 0 Å². The summed E-state index contributed by atoms with van der Waals surface area (Å²) in [5.41, 5.74) is 1.17. The van der Waals surface area contributed by atoms with Gasteiger partial charge in [-0.25, -0.2) is 9.97 Å². The molecule has 2 fully saturated rings. The van der Waals surface area contributed by atoms with Gasteiger partial charge in [-0.2, -0.15) is 0 Å². The van der Waals surface area contributed by atoms with Crippen molar-refractivity contribution in [2.75, 3.05) is 61.1 Å². The maximum atomic E-state index is 5.51. The SMILES string of the molecule is COc1ccccc1N1CCN(c2cc(N3CCCCC3)ncn2)CC1. The number of rotatable bonds is 4. The van der Waals surface area contributed by atoms with Gasteiger partial charge in [0.2, 0.25) is 0 Å². The molecule has 6 nitrogen and oxygen atoms in total. The second-order valence-electron chi connectivity index (χ2n) is 6.93. The van der Waals surface area contributed by atoms with Crippen molar-refractivity contribution in [3.05, 3.63) is 36.7 Å². The van der Waals surface area contributed by atoms with E-state index in [9.17, 15) is 0 Å². The number of anilines is 3. The highest BCUT2D eigenvalue weighted by atomic mass is 16.5. The zero-order valence-electron chi connectivity index (χ0n) is 15.5. The van der Waals surface area contributed by atoms with Crippen LogP contribution >= 0.6 is 0 Å². The van der Waals surface area contributed by atoms with E-state index in [4.69, 9.17) is 4.74 Å². The molecule has 0 atom stereocenters. The number of aromatic nitrogens is 2. The van der Waals surface area contributed by atoms with E-state index in [1.165, 1.54) is 24.9 Å². The number of nitrogens with zero attached hydrogens (tertiary/aromatic N) is 5. The standard InChI is InChI=1S/C20H27N5O/c1-26-18-8-4-3-7-17(18)23-11-13-25(14-12-23)20-15-19(21-16-22-20)24-9-5-2-6-10-24/h3-4,7-8,15-16H,2,5-6,9-14H2,1H3. The summed E-state index contributed by atoms with van der Waals surface area (Å²) in [5, 5.41) is 0. The molecule has 6 heteroatoms. The highest BCUT2D eigenvalue weighted by molar-refractivity contribution is 5.60. The van der Waals surface area contributed by atoms with E-state index in [1.807, 2.05) is 12.1 Å². The Morgan fingerprint density at radius 2 is 1.38 bits per heavy atom. The summed E-state index contributed by atoms with van der Waals surface area (Å²) in [7, 11) is 1.73. The normalized spacial score (nSPS) is 18.1. The van der Waals surface area contributed by atoms with Gasteiger partial charge in [0.05, 0.1) is 12.8 Å². The van der Waals surface area contributed by atoms with Gasteiger partial charge in [-0.15, -0.1) is 0 Å². The fraction of sp³-hybridized carbons (Fsp3) is 0.500. The Bertz CT molecular complexity index is 724. The Balaban J connectivity index is 1.43. The Morgan fingerprint density at radius 1 is 0.769 bits per heavy atom. The fourth-order valence-electron chi connectivity index (χ4n) is 3.87. The third-order valence-corrected chi connectivity index (χ3v) is 5.35. The molecule has 0 amide bonds. The number of hydrogen-bond acceptors (Lipinski definition) is 6. The minimum Gasteiger partial charge on any atom is -0.495 e. The molecule has 1 aromatic heterocycles.